The van der Waals surface area contributed by atoms with Gasteiger partial charge < -0.3 is 19.1 Å². The Kier molecular flexibility index (Phi) is 5.94. The van der Waals surface area contributed by atoms with Gasteiger partial charge in [0, 0.05) is 0 Å². The van der Waals surface area contributed by atoms with Crippen molar-refractivity contribution in [3.63, 3.8) is 0 Å². The van der Waals surface area contributed by atoms with Crippen LogP contribution in [0.3, 0.4) is 0 Å². The minimum Gasteiger partial charge on any atom is -0.493 e. The van der Waals surface area contributed by atoms with Gasteiger partial charge in [-0.1, -0.05) is 35.9 Å². The summed E-state index contributed by atoms with van der Waals surface area (Å²) in [5.41, 5.74) is 2.86. The molecule has 2 aromatic rings. The first-order valence-electron chi connectivity index (χ1n) is 9.53. The Labute approximate surface area is 167 Å². The summed E-state index contributed by atoms with van der Waals surface area (Å²) in [5.74, 6) is 1.37. The second-order valence-corrected chi connectivity index (χ2v) is 7.89. The maximum absolute atomic E-state index is 13.2. The Morgan fingerprint density at radius 3 is 2.43 bits per heavy atom. The largest absolute Gasteiger partial charge is 0.493 e. The lowest BCUT2D eigenvalue weighted by Crippen LogP contribution is -2.56. The highest BCUT2D eigenvalue weighted by molar-refractivity contribution is 5.80. The smallest absolute Gasteiger partial charge is 0.227 e. The second-order valence-electron chi connectivity index (χ2n) is 7.89. The van der Waals surface area contributed by atoms with Gasteiger partial charge in [-0.15, -0.1) is 0 Å². The summed E-state index contributed by atoms with van der Waals surface area (Å²) >= 11 is 0. The molecule has 150 valence electrons. The molecule has 1 atom stereocenters. The van der Waals surface area contributed by atoms with Crippen LogP contribution in [-0.4, -0.2) is 43.7 Å². The highest BCUT2D eigenvalue weighted by Gasteiger charge is 2.38. The van der Waals surface area contributed by atoms with Crippen molar-refractivity contribution in [2.24, 2.45) is 0 Å². The van der Waals surface area contributed by atoms with Crippen LogP contribution in [0.5, 0.6) is 11.5 Å². The topological polar surface area (TPSA) is 48.0 Å². The van der Waals surface area contributed by atoms with E-state index in [9.17, 15) is 4.79 Å². The summed E-state index contributed by atoms with van der Waals surface area (Å²) in [4.78, 5) is 15.1. The van der Waals surface area contributed by atoms with Gasteiger partial charge in [0.2, 0.25) is 5.91 Å². The van der Waals surface area contributed by atoms with Crippen LogP contribution in [-0.2, 0) is 16.0 Å². The van der Waals surface area contributed by atoms with Gasteiger partial charge in [0.1, 0.15) is 6.10 Å². The van der Waals surface area contributed by atoms with E-state index in [1.807, 2.05) is 36.9 Å². The average molecular weight is 383 g/mol. The minimum atomic E-state index is -0.352. The summed E-state index contributed by atoms with van der Waals surface area (Å²) < 4.78 is 16.7. The second kappa shape index (κ2) is 8.23. The van der Waals surface area contributed by atoms with E-state index in [1.54, 1.807) is 14.2 Å². The van der Waals surface area contributed by atoms with Crippen LogP contribution >= 0.6 is 0 Å². The fourth-order valence-electron chi connectivity index (χ4n) is 3.53. The van der Waals surface area contributed by atoms with E-state index in [1.165, 1.54) is 5.56 Å². The van der Waals surface area contributed by atoms with E-state index < -0.39 is 0 Å². The number of rotatable bonds is 5. The molecule has 0 spiro atoms. The zero-order valence-electron chi connectivity index (χ0n) is 17.3. The highest BCUT2D eigenvalue weighted by atomic mass is 16.5. The lowest BCUT2D eigenvalue weighted by atomic mass is 9.96. The molecule has 0 saturated carbocycles. The van der Waals surface area contributed by atoms with Crippen molar-refractivity contribution < 1.29 is 19.0 Å². The molecule has 2 aromatic carbocycles. The monoisotopic (exact) mass is 383 g/mol. The Morgan fingerprint density at radius 1 is 1.11 bits per heavy atom. The molecule has 1 fully saturated rings. The molecule has 1 unspecified atom stereocenters. The number of methoxy groups -OCH3 is 2. The molecular formula is C23H29NO4. The number of amides is 1. The number of hydrogen-bond donors (Lipinski definition) is 0. The van der Waals surface area contributed by atoms with Crippen LogP contribution in [0.4, 0.5) is 0 Å². The van der Waals surface area contributed by atoms with Crippen molar-refractivity contribution in [2.75, 3.05) is 27.4 Å². The predicted molar refractivity (Wildman–Crippen MR) is 109 cm³/mol. The summed E-state index contributed by atoms with van der Waals surface area (Å²) in [6, 6.07) is 13.9. The Hall–Kier alpha value is -2.53. The number of hydrogen-bond acceptors (Lipinski definition) is 4. The number of ether oxygens (including phenoxy) is 3. The van der Waals surface area contributed by atoms with E-state index in [0.29, 0.717) is 31.1 Å². The third kappa shape index (κ3) is 4.30. The van der Waals surface area contributed by atoms with Gasteiger partial charge in [0.15, 0.2) is 11.5 Å². The molecule has 0 aromatic heterocycles. The average Bonchev–Trinajstić information content (AvgIpc) is 2.68. The number of carbonyl (C=O) groups excluding carboxylic acids is 1. The first kappa shape index (κ1) is 20.2. The van der Waals surface area contributed by atoms with E-state index in [2.05, 4.69) is 31.2 Å². The Morgan fingerprint density at radius 2 is 1.79 bits per heavy atom. The van der Waals surface area contributed by atoms with Crippen molar-refractivity contribution in [1.29, 1.82) is 0 Å². The number of benzene rings is 2. The Balaban J connectivity index is 1.77. The highest BCUT2D eigenvalue weighted by Crippen LogP contribution is 2.32. The molecule has 1 aliphatic rings. The number of nitrogens with zero attached hydrogens (tertiary/aromatic N) is 1. The van der Waals surface area contributed by atoms with Crippen LogP contribution in [0.1, 0.15) is 36.6 Å². The predicted octanol–water partition coefficient (Wildman–Crippen LogP) is 3.93. The quantitative estimate of drug-likeness (QED) is 0.785. The molecule has 1 amide bonds. The SMILES string of the molecule is COc1ccc(CC(=O)N2CC(c3ccc(C)cc3)OCC2(C)C)cc1OC. The third-order valence-corrected chi connectivity index (χ3v) is 5.27. The van der Waals surface area contributed by atoms with Gasteiger partial charge >= 0.3 is 0 Å². The van der Waals surface area contributed by atoms with Gasteiger partial charge in [-0.05, 0) is 44.0 Å². The number of aryl methyl sites for hydroxylation is 1. The van der Waals surface area contributed by atoms with Crippen LogP contribution in [0.15, 0.2) is 42.5 Å². The molecule has 3 rings (SSSR count). The van der Waals surface area contributed by atoms with Crippen LogP contribution in [0.25, 0.3) is 0 Å². The first-order chi connectivity index (χ1) is 13.3. The molecule has 0 radical (unpaired) electrons. The lowest BCUT2D eigenvalue weighted by Gasteiger charge is -2.45. The molecule has 0 bridgehead atoms. The number of morpholine rings is 1. The molecule has 5 nitrogen and oxygen atoms in total. The van der Waals surface area contributed by atoms with Crippen molar-refractivity contribution in [3.8, 4) is 11.5 Å². The minimum absolute atomic E-state index is 0.0811. The van der Waals surface area contributed by atoms with Gasteiger partial charge in [-0.25, -0.2) is 0 Å². The fourth-order valence-corrected chi connectivity index (χ4v) is 3.53. The Bertz CT molecular complexity index is 829. The molecule has 1 aliphatic heterocycles. The van der Waals surface area contributed by atoms with Crippen LogP contribution in [0, 0.1) is 6.92 Å². The van der Waals surface area contributed by atoms with Crippen LogP contribution in [0.2, 0.25) is 0 Å². The van der Waals surface area contributed by atoms with Crippen molar-refractivity contribution in [2.45, 2.75) is 38.8 Å². The van der Waals surface area contributed by atoms with Gasteiger partial charge in [-0.2, -0.15) is 0 Å². The molecule has 5 heteroatoms. The summed E-state index contributed by atoms with van der Waals surface area (Å²) in [5, 5.41) is 0. The maximum Gasteiger partial charge on any atom is 0.227 e. The molecule has 0 N–H and O–H groups in total. The van der Waals surface area contributed by atoms with E-state index in [-0.39, 0.29) is 17.6 Å². The van der Waals surface area contributed by atoms with Crippen molar-refractivity contribution in [3.05, 3.63) is 59.2 Å². The van der Waals surface area contributed by atoms with Gasteiger partial charge in [-0.3, -0.25) is 4.79 Å². The molecule has 0 aliphatic carbocycles. The fraction of sp³-hybridized carbons (Fsp3) is 0.435. The zero-order valence-corrected chi connectivity index (χ0v) is 17.3. The van der Waals surface area contributed by atoms with E-state index >= 15 is 0 Å². The molecule has 1 saturated heterocycles. The van der Waals surface area contributed by atoms with Crippen LogP contribution < -0.4 is 9.47 Å². The number of carbonyl (C=O) groups is 1. The molecule has 28 heavy (non-hydrogen) atoms. The molecule has 1 heterocycles. The zero-order chi connectivity index (χ0) is 20.3. The normalized spacial score (nSPS) is 18.6. The molecular weight excluding hydrogens is 354 g/mol. The summed E-state index contributed by atoms with van der Waals surface area (Å²) in [7, 11) is 3.20. The van der Waals surface area contributed by atoms with Crippen molar-refractivity contribution >= 4 is 5.91 Å². The first-order valence-corrected chi connectivity index (χ1v) is 9.53. The van der Waals surface area contributed by atoms with Gasteiger partial charge in [0.25, 0.3) is 0 Å². The van der Waals surface area contributed by atoms with E-state index in [4.69, 9.17) is 14.2 Å². The third-order valence-electron chi connectivity index (χ3n) is 5.27. The summed E-state index contributed by atoms with van der Waals surface area (Å²) in [6.45, 7) is 7.20. The van der Waals surface area contributed by atoms with E-state index in [0.717, 1.165) is 11.1 Å². The van der Waals surface area contributed by atoms with Gasteiger partial charge in [0.05, 0.1) is 39.3 Å². The maximum atomic E-state index is 13.2. The summed E-state index contributed by atoms with van der Waals surface area (Å²) in [6.07, 6.45) is 0.202. The standard InChI is InChI=1S/C23H29NO4/c1-16-6-9-18(10-7-16)21-14-24(23(2,3)15-28-21)22(25)13-17-8-11-19(26-4)20(12-17)27-5/h6-12,21H,13-15H2,1-5H3. The lowest BCUT2D eigenvalue weighted by molar-refractivity contribution is -0.154. The van der Waals surface area contributed by atoms with Crippen molar-refractivity contribution in [1.82, 2.24) is 4.90 Å².